The normalized spacial score (nSPS) is 16.2. The van der Waals surface area contributed by atoms with Crippen LogP contribution in [0.1, 0.15) is 18.1 Å². The molecule has 3 rings (SSSR count). The average molecular weight is 344 g/mol. The second kappa shape index (κ2) is 7.05. The van der Waals surface area contributed by atoms with Crippen molar-refractivity contribution < 1.29 is 14.0 Å². The number of fused-ring (bicyclic) bond motifs is 1. The molecule has 1 heterocycles. The summed E-state index contributed by atoms with van der Waals surface area (Å²) in [5.41, 5.74) is 2.31. The molecule has 24 heavy (non-hydrogen) atoms. The Labute approximate surface area is 143 Å². The number of benzene rings is 2. The third-order valence-electron chi connectivity index (χ3n) is 3.72. The molecule has 1 atom stereocenters. The minimum Gasteiger partial charge on any atom is -0.352 e. The molecule has 2 N–H and O–H groups in total. The van der Waals surface area contributed by atoms with E-state index in [0.29, 0.717) is 12.1 Å². The number of thioether (sulfide) groups is 1. The van der Waals surface area contributed by atoms with Crippen molar-refractivity contribution in [2.24, 2.45) is 0 Å². The number of anilines is 1. The number of hydrogen-bond donors (Lipinski definition) is 2. The predicted molar refractivity (Wildman–Crippen MR) is 92.3 cm³/mol. The molecule has 1 unspecified atom stereocenters. The maximum absolute atomic E-state index is 13.1. The number of halogens is 1. The van der Waals surface area contributed by atoms with Gasteiger partial charge in [-0.2, -0.15) is 0 Å². The summed E-state index contributed by atoms with van der Waals surface area (Å²) in [4.78, 5) is 24.7. The third kappa shape index (κ3) is 3.94. The zero-order valence-electron chi connectivity index (χ0n) is 13.1. The van der Waals surface area contributed by atoms with Gasteiger partial charge in [-0.1, -0.05) is 18.2 Å². The third-order valence-corrected chi connectivity index (χ3v) is 4.90. The van der Waals surface area contributed by atoms with Crippen molar-refractivity contribution in [3.63, 3.8) is 0 Å². The minimum atomic E-state index is -0.350. The van der Waals surface area contributed by atoms with Crippen LogP contribution in [0.15, 0.2) is 47.4 Å². The second-order valence-electron chi connectivity index (χ2n) is 5.66. The van der Waals surface area contributed by atoms with E-state index in [4.69, 9.17) is 0 Å². The van der Waals surface area contributed by atoms with Crippen LogP contribution in [0.3, 0.4) is 0 Å². The zero-order valence-corrected chi connectivity index (χ0v) is 14.0. The van der Waals surface area contributed by atoms with Gasteiger partial charge in [0.15, 0.2) is 0 Å². The molecule has 6 heteroatoms. The maximum atomic E-state index is 13.1. The van der Waals surface area contributed by atoms with Crippen LogP contribution in [0.2, 0.25) is 0 Å². The quantitative estimate of drug-likeness (QED) is 0.896. The van der Waals surface area contributed by atoms with Gasteiger partial charge >= 0.3 is 0 Å². The number of carbonyl (C=O) groups excluding carboxylic acids is 2. The van der Waals surface area contributed by atoms with E-state index < -0.39 is 0 Å². The molecule has 2 aromatic carbocycles. The van der Waals surface area contributed by atoms with Crippen LogP contribution in [0.25, 0.3) is 0 Å². The summed E-state index contributed by atoms with van der Waals surface area (Å²) in [7, 11) is 0. The van der Waals surface area contributed by atoms with E-state index in [1.165, 1.54) is 23.9 Å². The van der Waals surface area contributed by atoms with Gasteiger partial charge in [-0.15, -0.1) is 11.8 Å². The van der Waals surface area contributed by atoms with Gasteiger partial charge < -0.3 is 10.6 Å². The van der Waals surface area contributed by atoms with Gasteiger partial charge in [0, 0.05) is 11.4 Å². The molecule has 1 aliphatic heterocycles. The molecule has 0 aromatic heterocycles. The Balaban J connectivity index is 1.60. The van der Waals surface area contributed by atoms with Crippen molar-refractivity contribution in [2.75, 3.05) is 5.32 Å². The Kier molecular flexibility index (Phi) is 4.85. The first-order valence-corrected chi connectivity index (χ1v) is 8.51. The number of carbonyl (C=O) groups is 2. The number of nitrogens with one attached hydrogen (secondary N) is 2. The Morgan fingerprint density at radius 1 is 1.25 bits per heavy atom. The summed E-state index contributed by atoms with van der Waals surface area (Å²) >= 11 is 1.52. The summed E-state index contributed by atoms with van der Waals surface area (Å²) in [6.07, 6.45) is 0.132. The molecule has 0 bridgehead atoms. The van der Waals surface area contributed by atoms with E-state index in [1.54, 1.807) is 12.1 Å². The molecule has 0 saturated carbocycles. The van der Waals surface area contributed by atoms with Crippen LogP contribution < -0.4 is 10.6 Å². The molecular weight excluding hydrogens is 327 g/mol. The lowest BCUT2D eigenvalue weighted by Gasteiger charge is -2.22. The number of rotatable bonds is 4. The lowest BCUT2D eigenvalue weighted by Crippen LogP contribution is -2.27. The van der Waals surface area contributed by atoms with Gasteiger partial charge in [-0.3, -0.25) is 9.59 Å². The van der Waals surface area contributed by atoms with Crippen molar-refractivity contribution in [1.82, 2.24) is 5.32 Å². The highest BCUT2D eigenvalue weighted by Crippen LogP contribution is 2.35. The van der Waals surface area contributed by atoms with Crippen molar-refractivity contribution in [3.05, 3.63) is 59.4 Å². The minimum absolute atomic E-state index is 0.0141. The molecule has 4 nitrogen and oxygen atoms in total. The number of amides is 2. The SMILES string of the molecule is CC1Sc2ccc(CNC(=O)Cc3cccc(F)c3)cc2NC1=O. The monoisotopic (exact) mass is 344 g/mol. The van der Waals surface area contributed by atoms with Crippen LogP contribution in [0.5, 0.6) is 0 Å². The summed E-state index contributed by atoms with van der Waals surface area (Å²) in [6, 6.07) is 11.8. The molecule has 124 valence electrons. The standard InChI is InChI=1S/C18H17FN2O2S/c1-11-18(23)21-15-8-13(5-6-16(15)24-11)10-20-17(22)9-12-3-2-4-14(19)7-12/h2-8,11H,9-10H2,1H3,(H,20,22)(H,21,23). The Hall–Kier alpha value is -2.34. The maximum Gasteiger partial charge on any atom is 0.237 e. The summed E-state index contributed by atoms with van der Waals surface area (Å²) in [6.45, 7) is 2.22. The molecule has 2 aromatic rings. The highest BCUT2D eigenvalue weighted by molar-refractivity contribution is 8.00. The fourth-order valence-corrected chi connectivity index (χ4v) is 3.39. The highest BCUT2D eigenvalue weighted by atomic mass is 32.2. The molecule has 1 aliphatic rings. The summed E-state index contributed by atoms with van der Waals surface area (Å²) < 4.78 is 13.1. The van der Waals surface area contributed by atoms with Crippen LogP contribution >= 0.6 is 11.8 Å². The van der Waals surface area contributed by atoms with Gasteiger partial charge in [0.25, 0.3) is 0 Å². The van der Waals surface area contributed by atoms with E-state index >= 15 is 0 Å². The Morgan fingerprint density at radius 2 is 2.08 bits per heavy atom. The molecule has 0 fully saturated rings. The van der Waals surface area contributed by atoms with Crippen molar-refractivity contribution >= 4 is 29.3 Å². The molecule has 0 aliphatic carbocycles. The van der Waals surface area contributed by atoms with Crippen LogP contribution in [-0.2, 0) is 22.6 Å². The first-order chi connectivity index (χ1) is 11.5. The fourth-order valence-electron chi connectivity index (χ4n) is 2.46. The van der Waals surface area contributed by atoms with E-state index in [0.717, 1.165) is 16.1 Å². The van der Waals surface area contributed by atoms with E-state index in [2.05, 4.69) is 10.6 Å². The Bertz CT molecular complexity index is 794. The van der Waals surface area contributed by atoms with Crippen molar-refractivity contribution in [3.8, 4) is 0 Å². The zero-order chi connectivity index (χ0) is 17.1. The first kappa shape index (κ1) is 16.5. The number of hydrogen-bond acceptors (Lipinski definition) is 3. The topological polar surface area (TPSA) is 58.2 Å². The van der Waals surface area contributed by atoms with Gasteiger partial charge in [-0.25, -0.2) is 4.39 Å². The second-order valence-corrected chi connectivity index (χ2v) is 7.05. The van der Waals surface area contributed by atoms with Gasteiger partial charge in [0.05, 0.1) is 17.4 Å². The van der Waals surface area contributed by atoms with Crippen LogP contribution in [-0.4, -0.2) is 17.1 Å². The lowest BCUT2D eigenvalue weighted by atomic mass is 10.1. The van der Waals surface area contributed by atoms with Crippen LogP contribution in [0, 0.1) is 5.82 Å². The van der Waals surface area contributed by atoms with Gasteiger partial charge in [0.1, 0.15) is 5.82 Å². The smallest absolute Gasteiger partial charge is 0.237 e. The van der Waals surface area contributed by atoms with E-state index in [9.17, 15) is 14.0 Å². The molecule has 0 radical (unpaired) electrons. The summed E-state index contributed by atoms with van der Waals surface area (Å²) in [5.74, 6) is -0.539. The lowest BCUT2D eigenvalue weighted by molar-refractivity contribution is -0.120. The predicted octanol–water partition coefficient (Wildman–Crippen LogP) is 3.12. The summed E-state index contributed by atoms with van der Waals surface area (Å²) in [5, 5.41) is 5.58. The van der Waals surface area contributed by atoms with Crippen molar-refractivity contribution in [2.45, 2.75) is 30.0 Å². The largest absolute Gasteiger partial charge is 0.352 e. The molecule has 2 amide bonds. The molecule has 0 spiro atoms. The van der Waals surface area contributed by atoms with E-state index in [1.807, 2.05) is 25.1 Å². The Morgan fingerprint density at radius 3 is 2.88 bits per heavy atom. The fraction of sp³-hybridized carbons (Fsp3) is 0.222. The van der Waals surface area contributed by atoms with Crippen molar-refractivity contribution in [1.29, 1.82) is 0 Å². The average Bonchev–Trinajstić information content (AvgIpc) is 2.54. The molecular formula is C18H17FN2O2S. The first-order valence-electron chi connectivity index (χ1n) is 7.63. The van der Waals surface area contributed by atoms with Gasteiger partial charge in [-0.05, 0) is 42.3 Å². The highest BCUT2D eigenvalue weighted by Gasteiger charge is 2.22. The van der Waals surface area contributed by atoms with Gasteiger partial charge in [0.2, 0.25) is 11.8 Å². The molecule has 0 saturated heterocycles. The van der Waals surface area contributed by atoms with Crippen LogP contribution in [0.4, 0.5) is 10.1 Å². The van der Waals surface area contributed by atoms with E-state index in [-0.39, 0.29) is 29.3 Å².